The molecule has 0 aliphatic rings. The van der Waals surface area contributed by atoms with Crippen LogP contribution in [0.1, 0.15) is 25.0 Å². The van der Waals surface area contributed by atoms with Crippen LogP contribution < -0.4 is 14.3 Å². The van der Waals surface area contributed by atoms with E-state index in [0.29, 0.717) is 23.8 Å². The van der Waals surface area contributed by atoms with Gasteiger partial charge in [-0.2, -0.15) is 0 Å². The standard InChI is InChI=1S/C27H26N2O6S/c1-27(2,25(30)31)35-21-11-7-10-20(17-21)34-15-14-29-22-13-12-19(16-23(22)36-26(29)32)24(28-33-3)18-8-5-4-6-9-18/h4-13,16-17H,14-15H2,1-3H3,(H,30,31). The van der Waals surface area contributed by atoms with E-state index >= 15 is 0 Å². The summed E-state index contributed by atoms with van der Waals surface area (Å²) in [6.45, 7) is 3.56. The molecule has 186 valence electrons. The van der Waals surface area contributed by atoms with Crippen LogP contribution in [0.3, 0.4) is 0 Å². The number of benzene rings is 3. The summed E-state index contributed by atoms with van der Waals surface area (Å²) in [4.78, 5) is 29.0. The molecule has 0 radical (unpaired) electrons. The van der Waals surface area contributed by atoms with E-state index in [-0.39, 0.29) is 11.5 Å². The van der Waals surface area contributed by atoms with Crippen LogP contribution >= 0.6 is 11.3 Å². The van der Waals surface area contributed by atoms with Gasteiger partial charge in [-0.3, -0.25) is 9.36 Å². The number of rotatable bonds is 10. The Morgan fingerprint density at radius 2 is 1.75 bits per heavy atom. The quantitative estimate of drug-likeness (QED) is 0.245. The lowest BCUT2D eigenvalue weighted by molar-refractivity contribution is -0.152. The third kappa shape index (κ3) is 5.58. The van der Waals surface area contributed by atoms with Crippen molar-refractivity contribution in [3.05, 3.63) is 93.6 Å². The van der Waals surface area contributed by atoms with E-state index < -0.39 is 11.6 Å². The third-order valence-electron chi connectivity index (χ3n) is 5.45. The fourth-order valence-corrected chi connectivity index (χ4v) is 4.56. The minimum absolute atomic E-state index is 0.0871. The molecule has 0 aliphatic carbocycles. The lowest BCUT2D eigenvalue weighted by Gasteiger charge is -2.21. The number of hydrogen-bond donors (Lipinski definition) is 1. The summed E-state index contributed by atoms with van der Waals surface area (Å²) in [7, 11) is 1.51. The topological polar surface area (TPSA) is 99.4 Å². The van der Waals surface area contributed by atoms with Crippen molar-refractivity contribution < 1.29 is 24.2 Å². The maximum atomic E-state index is 12.7. The Labute approximate surface area is 212 Å². The van der Waals surface area contributed by atoms with E-state index in [1.807, 2.05) is 48.5 Å². The largest absolute Gasteiger partial charge is 0.492 e. The van der Waals surface area contributed by atoms with Gasteiger partial charge in [0.05, 0.1) is 16.8 Å². The van der Waals surface area contributed by atoms with Gasteiger partial charge in [0.25, 0.3) is 0 Å². The molecule has 1 aromatic heterocycles. The van der Waals surface area contributed by atoms with Crippen LogP contribution in [-0.2, 0) is 16.2 Å². The number of aromatic nitrogens is 1. The molecule has 4 aromatic rings. The molecule has 0 fully saturated rings. The van der Waals surface area contributed by atoms with E-state index in [9.17, 15) is 14.7 Å². The van der Waals surface area contributed by atoms with Gasteiger partial charge in [-0.15, -0.1) is 0 Å². The molecule has 0 aliphatic heterocycles. The van der Waals surface area contributed by atoms with E-state index in [0.717, 1.165) is 32.7 Å². The number of carboxylic acids is 1. The van der Waals surface area contributed by atoms with Crippen molar-refractivity contribution >= 4 is 33.2 Å². The molecule has 0 amide bonds. The number of thiazole rings is 1. The normalized spacial score (nSPS) is 11.9. The first-order chi connectivity index (χ1) is 17.3. The Morgan fingerprint density at radius 3 is 2.47 bits per heavy atom. The van der Waals surface area contributed by atoms with Crippen LogP contribution in [0.2, 0.25) is 0 Å². The van der Waals surface area contributed by atoms with Crippen molar-refractivity contribution in [3.8, 4) is 11.5 Å². The fourth-order valence-electron chi connectivity index (χ4n) is 3.61. The molecular weight excluding hydrogens is 480 g/mol. The van der Waals surface area contributed by atoms with Crippen LogP contribution in [0.4, 0.5) is 0 Å². The van der Waals surface area contributed by atoms with E-state index in [1.165, 1.54) is 21.0 Å². The predicted octanol–water partition coefficient (Wildman–Crippen LogP) is 4.78. The van der Waals surface area contributed by atoms with Crippen LogP contribution in [0.25, 0.3) is 10.2 Å². The summed E-state index contributed by atoms with van der Waals surface area (Å²) in [5.74, 6) is -0.158. The zero-order valence-electron chi connectivity index (χ0n) is 20.1. The van der Waals surface area contributed by atoms with Crippen LogP contribution in [0.15, 0.2) is 82.7 Å². The molecule has 36 heavy (non-hydrogen) atoms. The monoisotopic (exact) mass is 506 g/mol. The first kappa shape index (κ1) is 25.0. The SMILES string of the molecule is CON=C(c1ccccc1)c1ccc2c(c1)sc(=O)n2CCOc1cccc(OC(C)(C)C(=O)O)c1. The summed E-state index contributed by atoms with van der Waals surface area (Å²) < 4.78 is 13.9. The van der Waals surface area contributed by atoms with Gasteiger partial charge in [0, 0.05) is 17.2 Å². The molecule has 0 unspecified atom stereocenters. The Balaban J connectivity index is 1.50. The zero-order chi connectivity index (χ0) is 25.7. The number of hydrogen-bond acceptors (Lipinski definition) is 7. The average Bonchev–Trinajstić information content (AvgIpc) is 3.17. The van der Waals surface area contributed by atoms with Gasteiger partial charge in [0.15, 0.2) is 5.60 Å². The minimum atomic E-state index is -1.37. The highest BCUT2D eigenvalue weighted by Gasteiger charge is 2.29. The van der Waals surface area contributed by atoms with E-state index in [1.54, 1.807) is 28.8 Å². The highest BCUT2D eigenvalue weighted by molar-refractivity contribution is 7.16. The van der Waals surface area contributed by atoms with Gasteiger partial charge in [-0.25, -0.2) is 4.79 Å². The van der Waals surface area contributed by atoms with Crippen molar-refractivity contribution in [1.29, 1.82) is 0 Å². The molecule has 9 heteroatoms. The Bertz CT molecular complexity index is 1460. The Kier molecular flexibility index (Phi) is 7.40. The smallest absolute Gasteiger partial charge is 0.347 e. The van der Waals surface area contributed by atoms with Crippen molar-refractivity contribution in [3.63, 3.8) is 0 Å². The number of oxime groups is 1. The molecule has 0 saturated carbocycles. The van der Waals surface area contributed by atoms with Crippen molar-refractivity contribution in [2.45, 2.75) is 26.0 Å². The second-order valence-electron chi connectivity index (χ2n) is 8.43. The summed E-state index contributed by atoms with van der Waals surface area (Å²) in [5.41, 5.74) is 1.89. The van der Waals surface area contributed by atoms with Crippen molar-refractivity contribution in [2.24, 2.45) is 5.16 Å². The predicted molar refractivity (Wildman–Crippen MR) is 139 cm³/mol. The summed E-state index contributed by atoms with van der Waals surface area (Å²) in [5, 5.41) is 13.5. The number of ether oxygens (including phenoxy) is 2. The molecule has 4 rings (SSSR count). The Hall–Kier alpha value is -4.11. The number of nitrogens with zero attached hydrogens (tertiary/aromatic N) is 2. The van der Waals surface area contributed by atoms with Gasteiger partial charge in [-0.05, 0) is 38.1 Å². The maximum absolute atomic E-state index is 12.7. The minimum Gasteiger partial charge on any atom is -0.492 e. The van der Waals surface area contributed by atoms with Gasteiger partial charge >= 0.3 is 10.8 Å². The maximum Gasteiger partial charge on any atom is 0.347 e. The lowest BCUT2D eigenvalue weighted by Crippen LogP contribution is -2.37. The second-order valence-corrected chi connectivity index (χ2v) is 9.42. The molecule has 0 bridgehead atoms. The molecule has 3 aromatic carbocycles. The number of aliphatic carboxylic acids is 1. The number of carboxylic acid groups (broad SMARTS) is 1. The molecular formula is C27H26N2O6S. The van der Waals surface area contributed by atoms with Gasteiger partial charge in [0.1, 0.15) is 30.9 Å². The van der Waals surface area contributed by atoms with Crippen molar-refractivity contribution in [2.75, 3.05) is 13.7 Å². The summed E-state index contributed by atoms with van der Waals surface area (Å²) in [6.07, 6.45) is 0. The van der Waals surface area contributed by atoms with E-state index in [4.69, 9.17) is 14.3 Å². The van der Waals surface area contributed by atoms with Crippen LogP contribution in [0.5, 0.6) is 11.5 Å². The molecule has 0 spiro atoms. The van der Waals surface area contributed by atoms with Gasteiger partial charge in [0.2, 0.25) is 0 Å². The third-order valence-corrected chi connectivity index (χ3v) is 6.39. The molecule has 0 saturated heterocycles. The fraction of sp³-hybridized carbons (Fsp3) is 0.222. The Morgan fingerprint density at radius 1 is 1.00 bits per heavy atom. The van der Waals surface area contributed by atoms with Gasteiger partial charge < -0.3 is 19.4 Å². The van der Waals surface area contributed by atoms with E-state index in [2.05, 4.69) is 5.16 Å². The molecule has 0 atom stereocenters. The van der Waals surface area contributed by atoms with Crippen LogP contribution in [-0.4, -0.2) is 40.7 Å². The average molecular weight is 507 g/mol. The first-order valence-electron chi connectivity index (χ1n) is 11.2. The van der Waals surface area contributed by atoms with Gasteiger partial charge in [-0.1, -0.05) is 59.0 Å². The van der Waals surface area contributed by atoms with Crippen LogP contribution in [0, 0.1) is 0 Å². The number of carbonyl (C=O) groups is 1. The zero-order valence-corrected chi connectivity index (χ0v) is 21.0. The molecule has 8 nitrogen and oxygen atoms in total. The second kappa shape index (κ2) is 10.7. The lowest BCUT2D eigenvalue weighted by atomic mass is 10.0. The molecule has 1 heterocycles. The molecule has 1 N–H and O–H groups in total. The highest BCUT2D eigenvalue weighted by atomic mass is 32.1. The first-order valence-corrected chi connectivity index (χ1v) is 12.1. The van der Waals surface area contributed by atoms with Crippen molar-refractivity contribution in [1.82, 2.24) is 4.57 Å². The summed E-state index contributed by atoms with van der Waals surface area (Å²) >= 11 is 1.16. The summed E-state index contributed by atoms with van der Waals surface area (Å²) in [6, 6.07) is 22.2. The number of fused-ring (bicyclic) bond motifs is 1. The highest BCUT2D eigenvalue weighted by Crippen LogP contribution is 2.25.